The second kappa shape index (κ2) is 26.5. The number of benzene rings is 1. The van der Waals surface area contributed by atoms with Gasteiger partial charge in [-0.05, 0) is 62.5 Å². The van der Waals surface area contributed by atoms with Crippen LogP contribution in [0.3, 0.4) is 0 Å². The van der Waals surface area contributed by atoms with E-state index in [2.05, 4.69) is 20.9 Å². The number of imide groups is 1. The Labute approximate surface area is 408 Å². The van der Waals surface area contributed by atoms with Crippen LogP contribution in [0.4, 0.5) is 0 Å². The molecule has 7 amide bonds. The number of hydrogen-bond acceptors (Lipinski definition) is 12. The van der Waals surface area contributed by atoms with Crippen molar-refractivity contribution in [1.82, 2.24) is 35.6 Å². The van der Waals surface area contributed by atoms with E-state index in [0.29, 0.717) is 31.3 Å². The molecule has 1 aromatic carbocycles. The molecule has 4 aliphatic rings. The quantitative estimate of drug-likeness (QED) is 0.0819. The van der Waals surface area contributed by atoms with E-state index in [1.165, 1.54) is 19.3 Å². The van der Waals surface area contributed by atoms with Gasteiger partial charge in [0.05, 0.1) is 75.6 Å². The number of carbonyl (C=O) groups is 7. The zero-order valence-corrected chi connectivity index (χ0v) is 42.4. The number of nitrogens with zero attached hydrogens (tertiary/aromatic N) is 4. The molecule has 5 rings (SSSR count). The number of ether oxygens (including phenoxy) is 4. The molecule has 3 heterocycles. The van der Waals surface area contributed by atoms with Gasteiger partial charge in [0, 0.05) is 59.0 Å². The third-order valence-corrected chi connectivity index (χ3v) is 14.9. The molecule has 3 fully saturated rings. The Morgan fingerprint density at radius 2 is 1.54 bits per heavy atom. The third-order valence-electron chi connectivity index (χ3n) is 14.9. The zero-order valence-electron chi connectivity index (χ0n) is 42.4. The van der Waals surface area contributed by atoms with Crippen LogP contribution in [0.1, 0.15) is 85.1 Å². The van der Waals surface area contributed by atoms with E-state index in [0.717, 1.165) is 36.1 Å². The van der Waals surface area contributed by atoms with Crippen molar-refractivity contribution in [2.75, 3.05) is 74.4 Å². The Kier molecular flexibility index (Phi) is 21.2. The van der Waals surface area contributed by atoms with Crippen LogP contribution in [-0.4, -0.2) is 184 Å². The summed E-state index contributed by atoms with van der Waals surface area (Å²) in [7, 11) is 6.83. The molecule has 2 bridgehead atoms. The minimum atomic E-state index is -0.919. The summed E-state index contributed by atoms with van der Waals surface area (Å²) >= 11 is 0. The Hall–Kier alpha value is -4.75. The topological polar surface area (TPSA) is 205 Å². The summed E-state index contributed by atoms with van der Waals surface area (Å²) in [5.41, 5.74) is 0.853. The van der Waals surface area contributed by atoms with Gasteiger partial charge in [0.1, 0.15) is 12.1 Å². The number of methoxy groups -OCH3 is 2. The summed E-state index contributed by atoms with van der Waals surface area (Å²) in [5, 5.41) is 8.96. The normalized spacial score (nSPS) is 23.2. The van der Waals surface area contributed by atoms with E-state index in [4.69, 9.17) is 18.9 Å². The number of rotatable bonds is 28. The van der Waals surface area contributed by atoms with Crippen LogP contribution in [0.2, 0.25) is 0 Å². The molecule has 69 heavy (non-hydrogen) atoms. The van der Waals surface area contributed by atoms with E-state index >= 15 is 0 Å². The number of amides is 7. The number of nitrogens with one attached hydrogen (secondary N) is 3. The average Bonchev–Trinajstić information content (AvgIpc) is 4.15. The standard InChI is InChI=1S/C51H79N7O11/c1-10-33(4)45(56(7)51(65)44(32(2)3)54-50(64)46-36-18-19-37(30-36)55(46)6)40(66-8)31-43(61)57-23-14-17-39(57)47(67-9)34(5)48(62)53-38(29-35-15-12-11-13-16-35)49(63)52-22-25-68-27-28-69-26-24-58-41(59)20-21-42(58)60/h11-13,15-16,20-21,32-34,36-40,44-47H,10,14,17-19,22-31H2,1-9H3,(H,52,63)(H,53,62)(H,54,64)/t33-,34+,36-,37+,38-,39-,40-,44-,45-,46?,47+/m0/s1. The lowest BCUT2D eigenvalue weighted by atomic mass is 9.89. The summed E-state index contributed by atoms with van der Waals surface area (Å²) in [6.45, 7) is 11.3. The Bertz CT molecular complexity index is 1920. The molecule has 1 saturated carbocycles. The first kappa shape index (κ1) is 55.2. The largest absolute Gasteiger partial charge is 0.379 e. The molecule has 0 radical (unpaired) electrons. The van der Waals surface area contributed by atoms with Crippen molar-refractivity contribution in [3.05, 3.63) is 48.0 Å². The summed E-state index contributed by atoms with van der Waals surface area (Å²) in [5.74, 6) is -2.71. The van der Waals surface area contributed by atoms with Gasteiger partial charge in [-0.1, -0.05) is 71.4 Å². The van der Waals surface area contributed by atoms with Gasteiger partial charge in [0.2, 0.25) is 29.5 Å². The fraction of sp³-hybridized carbons (Fsp3) is 0.706. The van der Waals surface area contributed by atoms with Gasteiger partial charge in [-0.2, -0.15) is 0 Å². The van der Waals surface area contributed by atoms with E-state index < -0.39 is 48.2 Å². The molecule has 3 aliphatic heterocycles. The molecule has 2 saturated heterocycles. The molecular weight excluding hydrogens is 887 g/mol. The first-order valence-electron chi connectivity index (χ1n) is 25.0. The number of hydrogen-bond donors (Lipinski definition) is 3. The van der Waals surface area contributed by atoms with Crippen molar-refractivity contribution in [3.8, 4) is 0 Å². The lowest BCUT2D eigenvalue weighted by Gasteiger charge is -2.41. The van der Waals surface area contributed by atoms with Crippen molar-refractivity contribution in [3.63, 3.8) is 0 Å². The van der Waals surface area contributed by atoms with Gasteiger partial charge in [-0.3, -0.25) is 43.4 Å². The van der Waals surface area contributed by atoms with Crippen LogP contribution in [0.15, 0.2) is 42.5 Å². The third kappa shape index (κ3) is 14.2. The highest BCUT2D eigenvalue weighted by molar-refractivity contribution is 6.12. The molecule has 18 nitrogen and oxygen atoms in total. The molecular formula is C51H79N7O11. The molecule has 0 aromatic heterocycles. The number of likely N-dealkylation sites (N-methyl/N-ethyl adjacent to an activating group) is 2. The lowest BCUT2D eigenvalue weighted by molar-refractivity contribution is -0.148. The molecule has 3 N–H and O–H groups in total. The maximum Gasteiger partial charge on any atom is 0.253 e. The Morgan fingerprint density at radius 3 is 2.14 bits per heavy atom. The number of carbonyl (C=O) groups excluding carboxylic acids is 7. The Morgan fingerprint density at radius 1 is 0.855 bits per heavy atom. The van der Waals surface area contributed by atoms with E-state index in [-0.39, 0.29) is 106 Å². The number of likely N-dealkylation sites (tertiary alicyclic amines) is 2. The molecule has 11 atom stereocenters. The smallest absolute Gasteiger partial charge is 0.253 e. The van der Waals surface area contributed by atoms with Gasteiger partial charge in [-0.25, -0.2) is 0 Å². The van der Waals surface area contributed by atoms with Crippen LogP contribution in [0, 0.1) is 23.7 Å². The van der Waals surface area contributed by atoms with Crippen molar-refractivity contribution < 1.29 is 52.5 Å². The zero-order chi connectivity index (χ0) is 50.4. The first-order chi connectivity index (χ1) is 33.0. The predicted molar refractivity (Wildman–Crippen MR) is 258 cm³/mol. The molecule has 0 spiro atoms. The molecule has 1 aliphatic carbocycles. The van der Waals surface area contributed by atoms with Gasteiger partial charge in [0.15, 0.2) is 0 Å². The van der Waals surface area contributed by atoms with Gasteiger partial charge >= 0.3 is 0 Å². The van der Waals surface area contributed by atoms with Crippen molar-refractivity contribution >= 4 is 41.4 Å². The van der Waals surface area contributed by atoms with Crippen molar-refractivity contribution in [2.45, 2.75) is 134 Å². The van der Waals surface area contributed by atoms with Gasteiger partial charge in [0.25, 0.3) is 11.8 Å². The predicted octanol–water partition coefficient (Wildman–Crippen LogP) is 2.33. The average molecular weight is 966 g/mol. The minimum Gasteiger partial charge on any atom is -0.379 e. The first-order valence-corrected chi connectivity index (χ1v) is 25.0. The monoisotopic (exact) mass is 966 g/mol. The van der Waals surface area contributed by atoms with E-state index in [1.807, 2.05) is 65.1 Å². The summed E-state index contributed by atoms with van der Waals surface area (Å²) in [4.78, 5) is 100. The highest BCUT2D eigenvalue weighted by atomic mass is 16.5. The summed E-state index contributed by atoms with van der Waals surface area (Å²) in [6, 6.07) is 6.95. The highest BCUT2D eigenvalue weighted by Gasteiger charge is 2.49. The van der Waals surface area contributed by atoms with Crippen LogP contribution < -0.4 is 16.0 Å². The summed E-state index contributed by atoms with van der Waals surface area (Å²) < 4.78 is 23.2. The fourth-order valence-electron chi connectivity index (χ4n) is 10.7. The number of fused-ring (bicyclic) bond motifs is 2. The number of piperidine rings is 1. The molecule has 18 heteroatoms. The fourth-order valence-corrected chi connectivity index (χ4v) is 10.7. The lowest BCUT2D eigenvalue weighted by Crippen LogP contribution is -2.60. The van der Waals surface area contributed by atoms with Crippen LogP contribution in [0.5, 0.6) is 0 Å². The van der Waals surface area contributed by atoms with Crippen LogP contribution in [-0.2, 0) is 58.9 Å². The van der Waals surface area contributed by atoms with Crippen molar-refractivity contribution in [2.24, 2.45) is 23.7 Å². The SMILES string of the molecule is CC[C@H](C)[C@@H]([C@H](CC(=O)N1CCC[C@H]1[C@H](OC)[C@@H](C)C(=O)N[C@@H](Cc1ccccc1)C(=O)NCCOCCOCCN1C(=O)C=CC1=O)OC)N(C)C(=O)[C@@H](NC(=O)C1[C@H]2CC[C@H](C2)N1C)C(C)C. The second-order valence-corrected chi connectivity index (χ2v) is 19.6. The maximum atomic E-state index is 14.5. The van der Waals surface area contributed by atoms with Crippen LogP contribution >= 0.6 is 0 Å². The minimum absolute atomic E-state index is 0.0116. The van der Waals surface area contributed by atoms with E-state index in [1.54, 1.807) is 30.9 Å². The summed E-state index contributed by atoms with van der Waals surface area (Å²) in [6.07, 6.45) is 6.46. The Balaban J connectivity index is 1.17. The second-order valence-electron chi connectivity index (χ2n) is 19.6. The van der Waals surface area contributed by atoms with Gasteiger partial charge < -0.3 is 44.7 Å². The molecule has 384 valence electrons. The van der Waals surface area contributed by atoms with Crippen molar-refractivity contribution in [1.29, 1.82) is 0 Å². The molecule has 1 aromatic rings. The molecule has 1 unspecified atom stereocenters. The van der Waals surface area contributed by atoms with Gasteiger partial charge in [-0.15, -0.1) is 0 Å². The van der Waals surface area contributed by atoms with Crippen LogP contribution in [0.25, 0.3) is 0 Å². The highest BCUT2D eigenvalue weighted by Crippen LogP contribution is 2.41. The van der Waals surface area contributed by atoms with E-state index in [9.17, 15) is 33.6 Å². The maximum absolute atomic E-state index is 14.5.